The molecule has 98 valence electrons. The van der Waals surface area contributed by atoms with Gasteiger partial charge in [0.05, 0.1) is 0 Å². The van der Waals surface area contributed by atoms with Crippen molar-refractivity contribution in [2.24, 2.45) is 0 Å². The Balaban J connectivity index is 2.01. The van der Waals surface area contributed by atoms with E-state index in [-0.39, 0.29) is 0 Å². The summed E-state index contributed by atoms with van der Waals surface area (Å²) in [6.45, 7) is 2.24. The Bertz CT molecular complexity index is 557. The Morgan fingerprint density at radius 3 is 2.53 bits per heavy atom. The molecule has 2 aromatic rings. The highest BCUT2D eigenvalue weighted by Crippen LogP contribution is 2.34. The molecule has 0 spiro atoms. The standard InChI is InChI=1S/C17H20N2/c18-15-5-3-4-14(12-15)17-7-2-1-6-16(17)13-8-10-19-11-9-13/h1-7,12-13,19H,8-11,18H2. The summed E-state index contributed by atoms with van der Waals surface area (Å²) >= 11 is 0. The van der Waals surface area contributed by atoms with Crippen LogP contribution in [0.15, 0.2) is 48.5 Å². The molecule has 2 heteroatoms. The molecule has 0 atom stereocenters. The van der Waals surface area contributed by atoms with Crippen LogP contribution in [0.4, 0.5) is 5.69 Å². The molecule has 19 heavy (non-hydrogen) atoms. The SMILES string of the molecule is Nc1cccc(-c2ccccc2C2CCNCC2)c1. The zero-order chi connectivity index (χ0) is 13.1. The number of nitrogen functional groups attached to an aromatic ring is 1. The first-order valence-corrected chi connectivity index (χ1v) is 7.00. The van der Waals surface area contributed by atoms with Crippen molar-refractivity contribution < 1.29 is 0 Å². The summed E-state index contributed by atoms with van der Waals surface area (Å²) in [6.07, 6.45) is 2.44. The lowest BCUT2D eigenvalue weighted by molar-refractivity contribution is 0.461. The van der Waals surface area contributed by atoms with Gasteiger partial charge in [-0.05, 0) is 60.7 Å². The van der Waals surface area contributed by atoms with Gasteiger partial charge in [-0.3, -0.25) is 0 Å². The third-order valence-corrected chi connectivity index (χ3v) is 3.94. The van der Waals surface area contributed by atoms with Crippen LogP contribution in [-0.4, -0.2) is 13.1 Å². The first kappa shape index (κ1) is 12.2. The van der Waals surface area contributed by atoms with Crippen LogP contribution in [0.25, 0.3) is 11.1 Å². The highest BCUT2D eigenvalue weighted by molar-refractivity contribution is 5.71. The van der Waals surface area contributed by atoms with E-state index in [0.717, 1.165) is 18.8 Å². The average Bonchev–Trinajstić information content (AvgIpc) is 2.48. The van der Waals surface area contributed by atoms with E-state index in [9.17, 15) is 0 Å². The van der Waals surface area contributed by atoms with E-state index in [2.05, 4.69) is 41.7 Å². The molecule has 0 radical (unpaired) electrons. The summed E-state index contributed by atoms with van der Waals surface area (Å²) in [5, 5.41) is 3.43. The number of nitrogens with two attached hydrogens (primary N) is 1. The van der Waals surface area contributed by atoms with Crippen molar-refractivity contribution in [1.29, 1.82) is 0 Å². The zero-order valence-corrected chi connectivity index (χ0v) is 11.1. The minimum Gasteiger partial charge on any atom is -0.399 e. The molecule has 1 aliphatic heterocycles. The second-order valence-corrected chi connectivity index (χ2v) is 5.24. The van der Waals surface area contributed by atoms with Gasteiger partial charge >= 0.3 is 0 Å². The lowest BCUT2D eigenvalue weighted by Crippen LogP contribution is -2.26. The van der Waals surface area contributed by atoms with E-state index in [4.69, 9.17) is 5.73 Å². The van der Waals surface area contributed by atoms with E-state index in [1.807, 2.05) is 12.1 Å². The molecule has 0 unspecified atom stereocenters. The van der Waals surface area contributed by atoms with Gasteiger partial charge in [-0.15, -0.1) is 0 Å². The molecular weight excluding hydrogens is 232 g/mol. The van der Waals surface area contributed by atoms with Crippen LogP contribution in [0.3, 0.4) is 0 Å². The Kier molecular flexibility index (Phi) is 3.51. The van der Waals surface area contributed by atoms with E-state index < -0.39 is 0 Å². The van der Waals surface area contributed by atoms with Crippen LogP contribution >= 0.6 is 0 Å². The van der Waals surface area contributed by atoms with Gasteiger partial charge in [-0.2, -0.15) is 0 Å². The van der Waals surface area contributed by atoms with Gasteiger partial charge in [0, 0.05) is 5.69 Å². The number of nitrogens with one attached hydrogen (secondary N) is 1. The van der Waals surface area contributed by atoms with Gasteiger partial charge in [0.25, 0.3) is 0 Å². The Morgan fingerprint density at radius 1 is 0.947 bits per heavy atom. The predicted molar refractivity (Wildman–Crippen MR) is 81.1 cm³/mol. The molecule has 0 bridgehead atoms. The number of anilines is 1. The molecule has 3 rings (SSSR count). The topological polar surface area (TPSA) is 38.0 Å². The normalized spacial score (nSPS) is 16.4. The lowest BCUT2D eigenvalue weighted by Gasteiger charge is -2.25. The highest BCUT2D eigenvalue weighted by Gasteiger charge is 2.18. The van der Waals surface area contributed by atoms with Crippen molar-refractivity contribution >= 4 is 5.69 Å². The molecule has 1 heterocycles. The average molecular weight is 252 g/mol. The van der Waals surface area contributed by atoms with Crippen LogP contribution in [0, 0.1) is 0 Å². The smallest absolute Gasteiger partial charge is 0.0320 e. The second-order valence-electron chi connectivity index (χ2n) is 5.24. The fourth-order valence-corrected chi connectivity index (χ4v) is 2.96. The number of piperidine rings is 1. The molecule has 0 aliphatic carbocycles. The zero-order valence-electron chi connectivity index (χ0n) is 11.1. The van der Waals surface area contributed by atoms with Crippen LogP contribution in [0.5, 0.6) is 0 Å². The lowest BCUT2D eigenvalue weighted by atomic mass is 9.85. The van der Waals surface area contributed by atoms with Crippen LogP contribution < -0.4 is 11.1 Å². The van der Waals surface area contributed by atoms with E-state index in [0.29, 0.717) is 5.92 Å². The first-order chi connectivity index (χ1) is 9.34. The molecule has 0 saturated carbocycles. The quantitative estimate of drug-likeness (QED) is 0.804. The Labute approximate surface area is 114 Å². The van der Waals surface area contributed by atoms with Crippen molar-refractivity contribution in [3.63, 3.8) is 0 Å². The molecule has 1 fully saturated rings. The summed E-state index contributed by atoms with van der Waals surface area (Å²) in [5.41, 5.74) is 10.8. The van der Waals surface area contributed by atoms with Crippen molar-refractivity contribution in [2.75, 3.05) is 18.8 Å². The van der Waals surface area contributed by atoms with E-state index >= 15 is 0 Å². The van der Waals surface area contributed by atoms with Crippen molar-refractivity contribution in [3.05, 3.63) is 54.1 Å². The number of hydrogen-bond donors (Lipinski definition) is 2. The number of benzene rings is 2. The van der Waals surface area contributed by atoms with Gasteiger partial charge in [0.15, 0.2) is 0 Å². The monoisotopic (exact) mass is 252 g/mol. The third kappa shape index (κ3) is 2.64. The molecule has 0 aromatic heterocycles. The summed E-state index contributed by atoms with van der Waals surface area (Å²) in [5.74, 6) is 0.666. The molecule has 2 aromatic carbocycles. The van der Waals surface area contributed by atoms with Crippen LogP contribution in [-0.2, 0) is 0 Å². The fraction of sp³-hybridized carbons (Fsp3) is 0.294. The molecule has 2 nitrogen and oxygen atoms in total. The van der Waals surface area contributed by atoms with Gasteiger partial charge in [0.2, 0.25) is 0 Å². The van der Waals surface area contributed by atoms with Gasteiger partial charge in [0.1, 0.15) is 0 Å². The summed E-state index contributed by atoms with van der Waals surface area (Å²) in [4.78, 5) is 0. The summed E-state index contributed by atoms with van der Waals surface area (Å²) in [7, 11) is 0. The molecular formula is C17H20N2. The summed E-state index contributed by atoms with van der Waals surface area (Å²) < 4.78 is 0. The second kappa shape index (κ2) is 5.45. The van der Waals surface area contributed by atoms with Crippen LogP contribution in [0.2, 0.25) is 0 Å². The molecule has 3 N–H and O–H groups in total. The predicted octanol–water partition coefficient (Wildman–Crippen LogP) is 3.40. The van der Waals surface area contributed by atoms with Gasteiger partial charge in [-0.25, -0.2) is 0 Å². The maximum absolute atomic E-state index is 5.91. The molecule has 1 aliphatic rings. The largest absolute Gasteiger partial charge is 0.399 e. The number of hydrogen-bond acceptors (Lipinski definition) is 2. The van der Waals surface area contributed by atoms with Gasteiger partial charge < -0.3 is 11.1 Å². The molecule has 0 amide bonds. The maximum Gasteiger partial charge on any atom is 0.0320 e. The van der Waals surface area contributed by atoms with Crippen molar-refractivity contribution in [3.8, 4) is 11.1 Å². The highest BCUT2D eigenvalue weighted by atomic mass is 14.9. The Morgan fingerprint density at radius 2 is 1.74 bits per heavy atom. The minimum atomic E-state index is 0.666. The third-order valence-electron chi connectivity index (χ3n) is 3.94. The fourth-order valence-electron chi connectivity index (χ4n) is 2.96. The first-order valence-electron chi connectivity index (χ1n) is 7.00. The summed E-state index contributed by atoms with van der Waals surface area (Å²) in [6, 6.07) is 16.9. The van der Waals surface area contributed by atoms with Crippen molar-refractivity contribution in [2.45, 2.75) is 18.8 Å². The minimum absolute atomic E-state index is 0.666. The Hall–Kier alpha value is -1.80. The molecule has 1 saturated heterocycles. The van der Waals surface area contributed by atoms with Gasteiger partial charge in [-0.1, -0.05) is 36.4 Å². The number of rotatable bonds is 2. The van der Waals surface area contributed by atoms with Crippen LogP contribution in [0.1, 0.15) is 24.3 Å². The van der Waals surface area contributed by atoms with Crippen molar-refractivity contribution in [1.82, 2.24) is 5.32 Å². The maximum atomic E-state index is 5.91. The van der Waals surface area contributed by atoms with E-state index in [1.54, 1.807) is 0 Å². The van der Waals surface area contributed by atoms with E-state index in [1.165, 1.54) is 29.5 Å².